The molecule has 0 bridgehead atoms. The minimum absolute atomic E-state index is 0.0297. The highest BCUT2D eigenvalue weighted by Crippen LogP contribution is 1.83. The molecule has 1 unspecified atom stereocenters. The Morgan fingerprint density at radius 1 is 1.38 bits per heavy atom. The van der Waals surface area contributed by atoms with Crippen LogP contribution < -0.4 is 10.6 Å². The fraction of sp³-hybridized carbons (Fsp3) is 0.889. The zero-order valence-corrected chi connectivity index (χ0v) is 9.05. The highest BCUT2D eigenvalue weighted by atomic mass is 16.1. The molecule has 0 spiro atoms. The highest BCUT2D eigenvalue weighted by Gasteiger charge is 2.01. The van der Waals surface area contributed by atoms with Crippen LogP contribution in [0.15, 0.2) is 0 Å². The van der Waals surface area contributed by atoms with Gasteiger partial charge in [0.2, 0.25) is 5.91 Å². The van der Waals surface area contributed by atoms with E-state index < -0.39 is 0 Å². The molecule has 13 heavy (non-hydrogen) atoms. The maximum Gasteiger partial charge on any atom is 0.216 e. The molecule has 0 aromatic carbocycles. The van der Waals surface area contributed by atoms with E-state index in [1.807, 2.05) is 14.1 Å². The van der Waals surface area contributed by atoms with Gasteiger partial charge in [-0.15, -0.1) is 0 Å². The summed E-state index contributed by atoms with van der Waals surface area (Å²) in [7, 11) is 4.10. The number of hydrogen-bond donors (Lipinski definition) is 2. The predicted octanol–water partition coefficient (Wildman–Crippen LogP) is -0.338. The van der Waals surface area contributed by atoms with E-state index in [2.05, 4.69) is 22.5 Å². The second-order valence-corrected chi connectivity index (χ2v) is 3.60. The van der Waals surface area contributed by atoms with Gasteiger partial charge >= 0.3 is 0 Å². The molecule has 0 heterocycles. The molecule has 1 amide bonds. The maximum atomic E-state index is 10.5. The SMILES string of the molecule is CC(=O)NCCNC(C)CN(C)C. The zero-order chi connectivity index (χ0) is 10.3. The molecular weight excluding hydrogens is 166 g/mol. The Morgan fingerprint density at radius 2 is 2.00 bits per heavy atom. The number of nitrogens with one attached hydrogen (secondary N) is 2. The number of carbonyl (C=O) groups excluding carboxylic acids is 1. The second kappa shape index (κ2) is 6.86. The van der Waals surface area contributed by atoms with E-state index in [-0.39, 0.29) is 5.91 Å². The van der Waals surface area contributed by atoms with Crippen LogP contribution in [0.2, 0.25) is 0 Å². The van der Waals surface area contributed by atoms with Crippen molar-refractivity contribution in [3.05, 3.63) is 0 Å². The average Bonchev–Trinajstić information content (AvgIpc) is 1.96. The monoisotopic (exact) mass is 187 g/mol. The van der Waals surface area contributed by atoms with Gasteiger partial charge in [-0.2, -0.15) is 0 Å². The van der Waals surface area contributed by atoms with Crippen LogP contribution in [0.4, 0.5) is 0 Å². The zero-order valence-electron chi connectivity index (χ0n) is 9.05. The molecule has 78 valence electrons. The van der Waals surface area contributed by atoms with E-state index in [9.17, 15) is 4.79 Å². The van der Waals surface area contributed by atoms with Gasteiger partial charge in [0.1, 0.15) is 0 Å². The van der Waals surface area contributed by atoms with Crippen LogP contribution in [0, 0.1) is 0 Å². The summed E-state index contributed by atoms with van der Waals surface area (Å²) in [5, 5.41) is 6.05. The summed E-state index contributed by atoms with van der Waals surface area (Å²) in [6.45, 7) is 6.21. The molecule has 0 aliphatic rings. The lowest BCUT2D eigenvalue weighted by atomic mass is 10.3. The smallest absolute Gasteiger partial charge is 0.216 e. The Morgan fingerprint density at radius 3 is 2.46 bits per heavy atom. The van der Waals surface area contributed by atoms with Crippen molar-refractivity contribution in [1.29, 1.82) is 0 Å². The molecule has 0 rings (SSSR count). The van der Waals surface area contributed by atoms with E-state index in [0.29, 0.717) is 12.6 Å². The summed E-state index contributed by atoms with van der Waals surface area (Å²) in [6.07, 6.45) is 0. The molecule has 0 radical (unpaired) electrons. The molecule has 0 aliphatic carbocycles. The highest BCUT2D eigenvalue weighted by molar-refractivity contribution is 5.72. The number of hydrogen-bond acceptors (Lipinski definition) is 3. The molecule has 4 nitrogen and oxygen atoms in total. The molecule has 0 saturated carbocycles. The molecule has 0 aromatic rings. The van der Waals surface area contributed by atoms with Gasteiger partial charge in [-0.1, -0.05) is 0 Å². The molecule has 0 aliphatic heterocycles. The molecule has 0 aromatic heterocycles. The van der Waals surface area contributed by atoms with Crippen molar-refractivity contribution in [3.8, 4) is 0 Å². The molecule has 0 fully saturated rings. The summed E-state index contributed by atoms with van der Waals surface area (Å²) in [6, 6.07) is 0.462. The van der Waals surface area contributed by atoms with Crippen LogP contribution in [0.25, 0.3) is 0 Å². The van der Waals surface area contributed by atoms with Crippen molar-refractivity contribution in [2.75, 3.05) is 33.7 Å². The van der Waals surface area contributed by atoms with Crippen LogP contribution in [0.5, 0.6) is 0 Å². The van der Waals surface area contributed by atoms with E-state index in [4.69, 9.17) is 0 Å². The summed E-state index contributed by atoms with van der Waals surface area (Å²) in [5.74, 6) is 0.0297. The molecular formula is C9H21N3O. The van der Waals surface area contributed by atoms with E-state index in [0.717, 1.165) is 13.1 Å². The van der Waals surface area contributed by atoms with Gasteiger partial charge in [0.25, 0.3) is 0 Å². The number of rotatable bonds is 6. The Labute approximate surface area is 80.7 Å². The molecule has 0 saturated heterocycles. The Bertz CT molecular complexity index is 148. The van der Waals surface area contributed by atoms with Crippen LogP contribution in [-0.4, -0.2) is 50.6 Å². The number of amides is 1. The van der Waals surface area contributed by atoms with Crippen LogP contribution in [-0.2, 0) is 4.79 Å². The quantitative estimate of drug-likeness (QED) is 0.559. The van der Waals surface area contributed by atoms with Crippen LogP contribution in [0.3, 0.4) is 0 Å². The van der Waals surface area contributed by atoms with Crippen molar-refractivity contribution in [3.63, 3.8) is 0 Å². The van der Waals surface area contributed by atoms with Gasteiger partial charge in [0.15, 0.2) is 0 Å². The maximum absolute atomic E-state index is 10.5. The summed E-state index contributed by atoms with van der Waals surface area (Å²) in [5.41, 5.74) is 0. The minimum Gasteiger partial charge on any atom is -0.355 e. The normalized spacial score (nSPS) is 13.0. The van der Waals surface area contributed by atoms with Crippen molar-refractivity contribution >= 4 is 5.91 Å². The summed E-state index contributed by atoms with van der Waals surface area (Å²) >= 11 is 0. The van der Waals surface area contributed by atoms with Crippen molar-refractivity contribution in [2.24, 2.45) is 0 Å². The van der Waals surface area contributed by atoms with Crippen molar-refractivity contribution in [2.45, 2.75) is 19.9 Å². The Kier molecular flexibility index (Phi) is 6.54. The third-order valence-electron chi connectivity index (χ3n) is 1.63. The van der Waals surface area contributed by atoms with Crippen molar-refractivity contribution in [1.82, 2.24) is 15.5 Å². The second-order valence-electron chi connectivity index (χ2n) is 3.60. The van der Waals surface area contributed by atoms with Gasteiger partial charge in [0.05, 0.1) is 0 Å². The summed E-state index contributed by atoms with van der Waals surface area (Å²) in [4.78, 5) is 12.7. The van der Waals surface area contributed by atoms with Gasteiger partial charge in [-0.05, 0) is 21.0 Å². The first-order valence-corrected chi connectivity index (χ1v) is 4.65. The lowest BCUT2D eigenvalue weighted by Gasteiger charge is -2.18. The predicted molar refractivity (Wildman–Crippen MR) is 54.7 cm³/mol. The first-order valence-electron chi connectivity index (χ1n) is 4.65. The molecule has 4 heteroatoms. The van der Waals surface area contributed by atoms with Crippen molar-refractivity contribution < 1.29 is 4.79 Å². The first-order chi connectivity index (χ1) is 6.02. The fourth-order valence-electron chi connectivity index (χ4n) is 1.17. The fourth-order valence-corrected chi connectivity index (χ4v) is 1.17. The first kappa shape index (κ1) is 12.4. The van der Waals surface area contributed by atoms with Crippen LogP contribution in [0.1, 0.15) is 13.8 Å². The molecule has 2 N–H and O–H groups in total. The average molecular weight is 187 g/mol. The summed E-state index contributed by atoms with van der Waals surface area (Å²) < 4.78 is 0. The standard InChI is InChI=1S/C9H21N3O/c1-8(7-12(3)4)10-5-6-11-9(2)13/h8,10H,5-7H2,1-4H3,(H,11,13). The molecule has 1 atom stereocenters. The van der Waals surface area contributed by atoms with E-state index >= 15 is 0 Å². The van der Waals surface area contributed by atoms with Gasteiger partial charge in [0, 0.05) is 32.6 Å². The van der Waals surface area contributed by atoms with Gasteiger partial charge in [-0.3, -0.25) is 4.79 Å². The topological polar surface area (TPSA) is 44.4 Å². The lowest BCUT2D eigenvalue weighted by molar-refractivity contribution is -0.118. The Balaban J connectivity index is 3.26. The third-order valence-corrected chi connectivity index (χ3v) is 1.63. The van der Waals surface area contributed by atoms with Crippen LogP contribution >= 0.6 is 0 Å². The minimum atomic E-state index is 0.0297. The third kappa shape index (κ3) is 9.30. The van der Waals surface area contributed by atoms with E-state index in [1.54, 1.807) is 0 Å². The van der Waals surface area contributed by atoms with Gasteiger partial charge in [-0.25, -0.2) is 0 Å². The Hall–Kier alpha value is -0.610. The largest absolute Gasteiger partial charge is 0.355 e. The number of nitrogens with zero attached hydrogens (tertiary/aromatic N) is 1. The number of carbonyl (C=O) groups is 1. The van der Waals surface area contributed by atoms with E-state index in [1.165, 1.54) is 6.92 Å². The lowest BCUT2D eigenvalue weighted by Crippen LogP contribution is -2.39. The van der Waals surface area contributed by atoms with Gasteiger partial charge < -0.3 is 15.5 Å². The number of likely N-dealkylation sites (N-methyl/N-ethyl adjacent to an activating group) is 1.